The minimum Gasteiger partial charge on any atom is -0.507 e. The molecule has 166 valence electrons. The van der Waals surface area contributed by atoms with Gasteiger partial charge >= 0.3 is 6.09 Å². The largest absolute Gasteiger partial charge is 0.507 e. The average molecular weight is 428 g/mol. The fourth-order valence-electron chi connectivity index (χ4n) is 3.14. The van der Waals surface area contributed by atoms with Crippen LogP contribution < -0.4 is 10.1 Å². The van der Waals surface area contributed by atoms with Crippen molar-refractivity contribution in [3.05, 3.63) is 47.0 Å². The van der Waals surface area contributed by atoms with Gasteiger partial charge < -0.3 is 24.2 Å². The molecular weight excluding hydrogens is 398 g/mol. The van der Waals surface area contributed by atoms with Gasteiger partial charge in [-0.05, 0) is 23.0 Å². The molecule has 0 unspecified atom stereocenters. The molecule has 8 heteroatoms. The van der Waals surface area contributed by atoms with Gasteiger partial charge in [0.05, 0.1) is 6.54 Å². The van der Waals surface area contributed by atoms with Crippen molar-refractivity contribution >= 4 is 6.09 Å². The molecule has 0 aliphatic heterocycles. The first-order valence-corrected chi connectivity index (χ1v) is 10.1. The lowest BCUT2D eigenvalue weighted by Crippen LogP contribution is -2.26. The molecule has 3 aromatic rings. The molecule has 0 aliphatic rings. The molecule has 0 saturated heterocycles. The SMILES string of the molecule is Cc1oncc1OC(=O)NCc1cc(-c2cc(C(C)(C)C)c(O)c(C(C)(C)C)c2)no1. The lowest BCUT2D eigenvalue weighted by Gasteiger charge is -2.28. The van der Waals surface area contributed by atoms with E-state index in [4.69, 9.17) is 13.8 Å². The predicted octanol–water partition coefficient (Wildman–Crippen LogP) is 5.23. The van der Waals surface area contributed by atoms with Gasteiger partial charge in [0.2, 0.25) is 0 Å². The normalized spacial score (nSPS) is 12.1. The summed E-state index contributed by atoms with van der Waals surface area (Å²) in [6.07, 6.45) is 0.672. The number of aryl methyl sites for hydroxylation is 1. The topological polar surface area (TPSA) is 111 Å². The Bertz CT molecular complexity index is 1050. The first-order valence-electron chi connectivity index (χ1n) is 10.1. The third-order valence-corrected chi connectivity index (χ3v) is 4.90. The molecule has 0 bridgehead atoms. The van der Waals surface area contributed by atoms with E-state index in [1.165, 1.54) is 6.20 Å². The van der Waals surface area contributed by atoms with Crippen molar-refractivity contribution in [2.75, 3.05) is 0 Å². The zero-order valence-corrected chi connectivity index (χ0v) is 19.0. The van der Waals surface area contributed by atoms with Gasteiger partial charge in [-0.3, -0.25) is 0 Å². The van der Waals surface area contributed by atoms with E-state index >= 15 is 0 Å². The Morgan fingerprint density at radius 3 is 2.19 bits per heavy atom. The Hall–Kier alpha value is -3.29. The van der Waals surface area contributed by atoms with Crippen LogP contribution in [-0.2, 0) is 17.4 Å². The lowest BCUT2D eigenvalue weighted by molar-refractivity contribution is 0.197. The number of benzene rings is 1. The van der Waals surface area contributed by atoms with E-state index in [1.54, 1.807) is 13.0 Å². The van der Waals surface area contributed by atoms with Crippen molar-refractivity contribution in [2.45, 2.75) is 65.8 Å². The van der Waals surface area contributed by atoms with Crippen LogP contribution in [0, 0.1) is 6.92 Å². The molecule has 2 heterocycles. The Balaban J connectivity index is 1.81. The van der Waals surface area contributed by atoms with Gasteiger partial charge in [-0.2, -0.15) is 0 Å². The van der Waals surface area contributed by atoms with Crippen LogP contribution in [0.2, 0.25) is 0 Å². The third kappa shape index (κ3) is 5.07. The van der Waals surface area contributed by atoms with E-state index in [1.807, 2.05) is 12.1 Å². The van der Waals surface area contributed by atoms with Gasteiger partial charge in [0.25, 0.3) is 0 Å². The Labute approximate surface area is 181 Å². The maximum absolute atomic E-state index is 12.0. The summed E-state index contributed by atoms with van der Waals surface area (Å²) in [7, 11) is 0. The highest BCUT2D eigenvalue weighted by Crippen LogP contribution is 2.41. The summed E-state index contributed by atoms with van der Waals surface area (Å²) in [5.41, 5.74) is 2.63. The van der Waals surface area contributed by atoms with Gasteiger partial charge in [0, 0.05) is 29.7 Å². The Morgan fingerprint density at radius 2 is 1.68 bits per heavy atom. The Morgan fingerprint density at radius 1 is 1.06 bits per heavy atom. The standard InChI is InChI=1S/C23H29N3O5/c1-13-19(12-25-30-13)29-21(28)24-11-15-10-18(26-31-15)14-8-16(22(2,3)4)20(27)17(9-14)23(5,6)7/h8-10,12,27H,11H2,1-7H3,(H,24,28). The van der Waals surface area contributed by atoms with E-state index in [9.17, 15) is 9.90 Å². The van der Waals surface area contributed by atoms with Crippen LogP contribution in [0.3, 0.4) is 0 Å². The number of rotatable bonds is 4. The molecule has 2 N–H and O–H groups in total. The highest BCUT2D eigenvalue weighted by atomic mass is 16.6. The van der Waals surface area contributed by atoms with Crippen molar-refractivity contribution < 1.29 is 23.7 Å². The van der Waals surface area contributed by atoms with Crippen molar-refractivity contribution in [3.63, 3.8) is 0 Å². The second-order valence-corrected chi connectivity index (χ2v) is 9.59. The monoisotopic (exact) mass is 427 g/mol. The van der Waals surface area contributed by atoms with Crippen molar-refractivity contribution in [1.82, 2.24) is 15.6 Å². The molecule has 2 aromatic heterocycles. The molecule has 3 rings (SSSR count). The van der Waals surface area contributed by atoms with Gasteiger partial charge in [-0.15, -0.1) is 0 Å². The van der Waals surface area contributed by atoms with Gasteiger partial charge in [0.1, 0.15) is 17.6 Å². The van der Waals surface area contributed by atoms with Crippen molar-refractivity contribution in [1.29, 1.82) is 0 Å². The summed E-state index contributed by atoms with van der Waals surface area (Å²) in [5.74, 6) is 1.44. The summed E-state index contributed by atoms with van der Waals surface area (Å²) < 4.78 is 15.4. The van der Waals surface area contributed by atoms with Crippen molar-refractivity contribution in [2.24, 2.45) is 0 Å². The molecule has 8 nitrogen and oxygen atoms in total. The number of carbonyl (C=O) groups is 1. The number of amides is 1. The number of phenolic OH excluding ortho intramolecular Hbond substituents is 1. The molecule has 31 heavy (non-hydrogen) atoms. The molecular formula is C23H29N3O5. The highest BCUT2D eigenvalue weighted by Gasteiger charge is 2.27. The molecule has 0 aliphatic carbocycles. The average Bonchev–Trinajstić information content (AvgIpc) is 3.28. The fraction of sp³-hybridized carbons (Fsp3) is 0.435. The van der Waals surface area contributed by atoms with Crippen LogP contribution in [0.25, 0.3) is 11.3 Å². The second kappa shape index (κ2) is 8.09. The number of hydrogen-bond acceptors (Lipinski definition) is 7. The van der Waals surface area contributed by atoms with Crippen LogP contribution in [0.15, 0.2) is 33.4 Å². The molecule has 0 spiro atoms. The minimum atomic E-state index is -0.654. The third-order valence-electron chi connectivity index (χ3n) is 4.90. The van der Waals surface area contributed by atoms with E-state index in [2.05, 4.69) is 57.2 Å². The molecule has 0 atom stereocenters. The van der Waals surface area contributed by atoms with Gasteiger partial charge in [-0.25, -0.2) is 4.79 Å². The van der Waals surface area contributed by atoms with Crippen molar-refractivity contribution in [3.8, 4) is 22.8 Å². The zero-order chi connectivity index (χ0) is 23.0. The summed E-state index contributed by atoms with van der Waals surface area (Å²) in [6.45, 7) is 14.1. The second-order valence-electron chi connectivity index (χ2n) is 9.59. The van der Waals surface area contributed by atoms with Crippen LogP contribution in [0.1, 0.15) is 64.2 Å². The van der Waals surface area contributed by atoms with Crippen LogP contribution in [0.5, 0.6) is 11.5 Å². The molecule has 1 aromatic carbocycles. The number of aromatic hydroxyl groups is 1. The fourth-order valence-corrected chi connectivity index (χ4v) is 3.14. The lowest BCUT2D eigenvalue weighted by atomic mass is 9.78. The van der Waals surface area contributed by atoms with Gasteiger partial charge in [0.15, 0.2) is 17.3 Å². The minimum absolute atomic E-state index is 0.104. The molecule has 1 amide bonds. The Kier molecular flexibility index (Phi) is 5.85. The number of hydrogen-bond donors (Lipinski definition) is 2. The first-order chi connectivity index (χ1) is 14.4. The molecule has 0 saturated carbocycles. The first kappa shape index (κ1) is 22.4. The summed E-state index contributed by atoms with van der Waals surface area (Å²) in [4.78, 5) is 12.0. The van der Waals surface area contributed by atoms with E-state index < -0.39 is 6.09 Å². The van der Waals surface area contributed by atoms with Crippen LogP contribution in [-0.4, -0.2) is 21.5 Å². The quantitative estimate of drug-likeness (QED) is 0.587. The smallest absolute Gasteiger partial charge is 0.413 e. The van der Waals surface area contributed by atoms with Crippen LogP contribution >= 0.6 is 0 Å². The number of aromatic nitrogens is 2. The highest BCUT2D eigenvalue weighted by molar-refractivity contribution is 5.70. The predicted molar refractivity (Wildman–Crippen MR) is 115 cm³/mol. The maximum atomic E-state index is 12.0. The molecule has 0 fully saturated rings. The molecule has 0 radical (unpaired) electrons. The summed E-state index contributed by atoms with van der Waals surface area (Å²) >= 11 is 0. The maximum Gasteiger partial charge on any atom is 0.413 e. The zero-order valence-electron chi connectivity index (χ0n) is 19.0. The van der Waals surface area contributed by atoms with Crippen LogP contribution in [0.4, 0.5) is 4.79 Å². The number of carbonyl (C=O) groups excluding carboxylic acids is 1. The van der Waals surface area contributed by atoms with Gasteiger partial charge in [-0.1, -0.05) is 51.9 Å². The number of nitrogens with zero attached hydrogens (tertiary/aromatic N) is 2. The number of nitrogens with one attached hydrogen (secondary N) is 1. The summed E-state index contributed by atoms with van der Waals surface area (Å²) in [6, 6.07) is 5.63. The summed E-state index contributed by atoms with van der Waals surface area (Å²) in [5, 5.41) is 21.2. The number of ether oxygens (including phenoxy) is 1. The number of phenols is 1. The van der Waals surface area contributed by atoms with E-state index in [-0.39, 0.29) is 23.1 Å². The van der Waals surface area contributed by atoms with E-state index in [0.717, 1.165) is 16.7 Å². The van der Waals surface area contributed by atoms with E-state index in [0.29, 0.717) is 23.0 Å².